The molecule has 0 aliphatic rings. The van der Waals surface area contributed by atoms with Crippen molar-refractivity contribution in [1.29, 1.82) is 0 Å². The molecular weight excluding hydrogens is 201 g/mol. The maximum atomic E-state index is 13.5. The molecule has 3 heteroatoms. The molecule has 1 unspecified atom stereocenters. The summed E-state index contributed by atoms with van der Waals surface area (Å²) < 4.78 is 13.5. The van der Waals surface area contributed by atoms with Gasteiger partial charge in [0, 0.05) is 5.56 Å². The number of halogens is 2. The second-order valence-electron chi connectivity index (χ2n) is 2.80. The van der Waals surface area contributed by atoms with E-state index in [1.54, 1.807) is 12.1 Å². The fourth-order valence-corrected chi connectivity index (χ4v) is 1.39. The molecule has 0 saturated heterocycles. The van der Waals surface area contributed by atoms with Crippen LogP contribution in [0.5, 0.6) is 0 Å². The summed E-state index contributed by atoms with van der Waals surface area (Å²) in [5.74, 6) is 2.03. The van der Waals surface area contributed by atoms with Gasteiger partial charge in [0.15, 0.2) is 0 Å². The van der Waals surface area contributed by atoms with Crippen LogP contribution in [0.2, 0.25) is 5.02 Å². The molecule has 0 fully saturated rings. The molecule has 1 rings (SSSR count). The number of hydrogen-bond acceptors (Lipinski definition) is 1. The van der Waals surface area contributed by atoms with Gasteiger partial charge in [-0.05, 0) is 12.6 Å². The molecule has 0 aliphatic heterocycles. The highest BCUT2D eigenvalue weighted by molar-refractivity contribution is 6.30. The summed E-state index contributed by atoms with van der Waals surface area (Å²) in [5, 5.41) is 3.08. The molecule has 0 spiro atoms. The number of terminal acetylenes is 1. The van der Waals surface area contributed by atoms with E-state index in [2.05, 4.69) is 11.2 Å². The summed E-state index contributed by atoms with van der Waals surface area (Å²) in [7, 11) is 0. The third-order valence-corrected chi connectivity index (χ3v) is 2.16. The van der Waals surface area contributed by atoms with Gasteiger partial charge in [-0.25, -0.2) is 4.39 Å². The normalized spacial score (nSPS) is 12.1. The van der Waals surface area contributed by atoms with Crippen LogP contribution >= 0.6 is 11.6 Å². The smallest absolute Gasteiger partial charge is 0.147 e. The van der Waals surface area contributed by atoms with Crippen molar-refractivity contribution in [3.8, 4) is 12.3 Å². The Morgan fingerprint density at radius 2 is 2.36 bits per heavy atom. The van der Waals surface area contributed by atoms with Crippen LogP contribution in [0.4, 0.5) is 4.39 Å². The van der Waals surface area contributed by atoms with Gasteiger partial charge in [-0.3, -0.25) is 0 Å². The SMILES string of the molecule is C#CC(NCC)c1cccc(Cl)c1F. The third-order valence-electron chi connectivity index (χ3n) is 1.87. The molecule has 0 bridgehead atoms. The summed E-state index contributed by atoms with van der Waals surface area (Å²) in [4.78, 5) is 0. The molecule has 1 nitrogen and oxygen atoms in total. The first-order valence-corrected chi connectivity index (χ1v) is 4.72. The highest BCUT2D eigenvalue weighted by atomic mass is 35.5. The van der Waals surface area contributed by atoms with Crippen LogP contribution in [0, 0.1) is 18.2 Å². The fourth-order valence-electron chi connectivity index (χ4n) is 1.21. The average Bonchev–Trinajstić information content (AvgIpc) is 2.19. The minimum atomic E-state index is -0.446. The maximum absolute atomic E-state index is 13.5. The number of nitrogens with one attached hydrogen (secondary N) is 1. The fraction of sp³-hybridized carbons (Fsp3) is 0.273. The van der Waals surface area contributed by atoms with Crippen molar-refractivity contribution in [2.24, 2.45) is 0 Å². The largest absolute Gasteiger partial charge is 0.300 e. The molecule has 1 aromatic rings. The van der Waals surface area contributed by atoms with Crippen LogP contribution in [0.15, 0.2) is 18.2 Å². The predicted octanol–water partition coefficient (Wildman–Crippen LogP) is 2.76. The minimum absolute atomic E-state index is 0.0978. The second-order valence-corrected chi connectivity index (χ2v) is 3.21. The van der Waals surface area contributed by atoms with E-state index in [1.165, 1.54) is 6.07 Å². The molecular formula is C11H11ClFN. The average molecular weight is 212 g/mol. The highest BCUT2D eigenvalue weighted by Crippen LogP contribution is 2.22. The van der Waals surface area contributed by atoms with Gasteiger partial charge in [0.25, 0.3) is 0 Å². The zero-order chi connectivity index (χ0) is 10.6. The Kier molecular flexibility index (Phi) is 3.94. The Morgan fingerprint density at radius 3 is 2.93 bits per heavy atom. The van der Waals surface area contributed by atoms with Crippen LogP contribution in [0.25, 0.3) is 0 Å². The first kappa shape index (κ1) is 11.0. The van der Waals surface area contributed by atoms with Crippen molar-refractivity contribution >= 4 is 11.6 Å². The van der Waals surface area contributed by atoms with Gasteiger partial charge < -0.3 is 5.32 Å². The molecule has 0 aliphatic carbocycles. The Hall–Kier alpha value is -1.04. The lowest BCUT2D eigenvalue weighted by molar-refractivity contribution is 0.574. The van der Waals surface area contributed by atoms with E-state index in [4.69, 9.17) is 18.0 Å². The van der Waals surface area contributed by atoms with Crippen LogP contribution in [-0.4, -0.2) is 6.54 Å². The first-order chi connectivity index (χ1) is 6.70. The Balaban J connectivity index is 3.05. The van der Waals surface area contributed by atoms with E-state index in [-0.39, 0.29) is 5.02 Å². The summed E-state index contributed by atoms with van der Waals surface area (Å²) in [6, 6.07) is 4.40. The zero-order valence-corrected chi connectivity index (χ0v) is 8.61. The van der Waals surface area contributed by atoms with Crippen molar-refractivity contribution < 1.29 is 4.39 Å². The van der Waals surface area contributed by atoms with E-state index in [1.807, 2.05) is 6.92 Å². The van der Waals surface area contributed by atoms with Crippen LogP contribution in [0.3, 0.4) is 0 Å². The third kappa shape index (κ3) is 2.25. The maximum Gasteiger partial charge on any atom is 0.147 e. The lowest BCUT2D eigenvalue weighted by atomic mass is 10.1. The van der Waals surface area contributed by atoms with E-state index in [0.29, 0.717) is 12.1 Å². The van der Waals surface area contributed by atoms with E-state index < -0.39 is 11.9 Å². The highest BCUT2D eigenvalue weighted by Gasteiger charge is 2.13. The molecule has 1 aromatic carbocycles. The van der Waals surface area contributed by atoms with Crippen molar-refractivity contribution in [3.05, 3.63) is 34.6 Å². The lowest BCUT2D eigenvalue weighted by Gasteiger charge is -2.12. The van der Waals surface area contributed by atoms with Crippen molar-refractivity contribution in [1.82, 2.24) is 5.32 Å². The second kappa shape index (κ2) is 4.99. The van der Waals surface area contributed by atoms with Gasteiger partial charge in [-0.2, -0.15) is 0 Å². The number of rotatable bonds is 3. The molecule has 0 radical (unpaired) electrons. The van der Waals surface area contributed by atoms with Gasteiger partial charge >= 0.3 is 0 Å². The molecule has 0 amide bonds. The van der Waals surface area contributed by atoms with Crippen LogP contribution < -0.4 is 5.32 Å². The topological polar surface area (TPSA) is 12.0 Å². The molecule has 1 N–H and O–H groups in total. The monoisotopic (exact) mass is 211 g/mol. The summed E-state index contributed by atoms with van der Waals surface area (Å²) >= 11 is 5.64. The molecule has 0 saturated carbocycles. The molecule has 0 heterocycles. The Bertz CT molecular complexity index is 357. The molecule has 1 atom stereocenters. The van der Waals surface area contributed by atoms with Crippen molar-refractivity contribution in [3.63, 3.8) is 0 Å². The predicted molar refractivity (Wildman–Crippen MR) is 56.7 cm³/mol. The lowest BCUT2D eigenvalue weighted by Crippen LogP contribution is -2.20. The number of benzene rings is 1. The quantitative estimate of drug-likeness (QED) is 0.759. The van der Waals surface area contributed by atoms with Gasteiger partial charge in [0.2, 0.25) is 0 Å². The van der Waals surface area contributed by atoms with Gasteiger partial charge in [0.05, 0.1) is 11.1 Å². The molecule has 74 valence electrons. The minimum Gasteiger partial charge on any atom is -0.300 e. The standard InChI is InChI=1S/C11H11ClFN/c1-3-10(14-4-2)8-6-5-7-9(12)11(8)13/h1,5-7,10,14H,4H2,2H3. The Labute approximate surface area is 88.3 Å². The molecule has 0 aromatic heterocycles. The summed E-state index contributed by atoms with van der Waals surface area (Å²) in [6.45, 7) is 2.59. The van der Waals surface area contributed by atoms with Crippen LogP contribution in [0.1, 0.15) is 18.5 Å². The number of hydrogen-bond donors (Lipinski definition) is 1. The summed E-state index contributed by atoms with van der Waals surface area (Å²) in [5.41, 5.74) is 0.418. The first-order valence-electron chi connectivity index (χ1n) is 4.34. The van der Waals surface area contributed by atoms with Crippen molar-refractivity contribution in [2.45, 2.75) is 13.0 Å². The van der Waals surface area contributed by atoms with Gasteiger partial charge in [0.1, 0.15) is 5.82 Å². The van der Waals surface area contributed by atoms with Gasteiger partial charge in [-0.1, -0.05) is 36.6 Å². The van der Waals surface area contributed by atoms with E-state index >= 15 is 0 Å². The van der Waals surface area contributed by atoms with Crippen LogP contribution in [-0.2, 0) is 0 Å². The molecule has 14 heavy (non-hydrogen) atoms. The van der Waals surface area contributed by atoms with E-state index in [0.717, 1.165) is 0 Å². The zero-order valence-electron chi connectivity index (χ0n) is 7.85. The van der Waals surface area contributed by atoms with E-state index in [9.17, 15) is 4.39 Å². The van der Waals surface area contributed by atoms with Crippen molar-refractivity contribution in [2.75, 3.05) is 6.54 Å². The summed E-state index contributed by atoms with van der Waals surface area (Å²) in [6.07, 6.45) is 5.29. The van der Waals surface area contributed by atoms with Gasteiger partial charge in [-0.15, -0.1) is 6.42 Å². The Morgan fingerprint density at radius 1 is 1.64 bits per heavy atom.